The molecule has 0 bridgehead atoms. The molecule has 0 fully saturated rings. The molecule has 1 aromatic rings. The highest BCUT2D eigenvalue weighted by molar-refractivity contribution is 5.17. The molecule has 0 aromatic carbocycles. The van der Waals surface area contributed by atoms with Crippen molar-refractivity contribution in [3.05, 3.63) is 17.5 Å². The number of nitrogens with zero attached hydrogens (tertiary/aromatic N) is 1. The van der Waals surface area contributed by atoms with Gasteiger partial charge < -0.3 is 15.4 Å². The van der Waals surface area contributed by atoms with Crippen LogP contribution in [0, 0.1) is 6.92 Å². The second kappa shape index (κ2) is 3.50. The van der Waals surface area contributed by atoms with Crippen LogP contribution in [0.1, 0.15) is 17.2 Å². The van der Waals surface area contributed by atoms with E-state index in [0.717, 1.165) is 11.3 Å². The second-order valence-electron chi connectivity index (χ2n) is 2.45. The van der Waals surface area contributed by atoms with E-state index in [2.05, 4.69) is 5.16 Å². The van der Waals surface area contributed by atoms with Crippen molar-refractivity contribution >= 4 is 0 Å². The zero-order chi connectivity index (χ0) is 8.27. The van der Waals surface area contributed by atoms with Crippen LogP contribution >= 0.6 is 0 Å². The Bertz CT molecular complexity index is 218. The van der Waals surface area contributed by atoms with Gasteiger partial charge in [-0.05, 0) is 6.92 Å². The monoisotopic (exact) mass is 156 g/mol. The minimum absolute atomic E-state index is 0.0402. The van der Waals surface area contributed by atoms with Crippen LogP contribution in [0.15, 0.2) is 10.7 Å². The van der Waals surface area contributed by atoms with E-state index in [9.17, 15) is 0 Å². The first kappa shape index (κ1) is 8.23. The van der Waals surface area contributed by atoms with Gasteiger partial charge in [-0.15, -0.1) is 0 Å². The molecule has 1 heterocycles. The first-order chi connectivity index (χ1) is 5.29. The van der Waals surface area contributed by atoms with Crippen LogP contribution in [0.5, 0.6) is 0 Å². The fourth-order valence-corrected chi connectivity index (χ4v) is 0.999. The topological polar surface area (TPSA) is 72.3 Å². The first-order valence-electron chi connectivity index (χ1n) is 3.51. The molecule has 0 spiro atoms. The van der Waals surface area contributed by atoms with Crippen LogP contribution in [0.2, 0.25) is 0 Å². The van der Waals surface area contributed by atoms with Crippen LogP contribution in [-0.4, -0.2) is 23.4 Å². The molecule has 4 nitrogen and oxygen atoms in total. The summed E-state index contributed by atoms with van der Waals surface area (Å²) in [5, 5.41) is 12.5. The van der Waals surface area contributed by atoms with E-state index < -0.39 is 0 Å². The summed E-state index contributed by atoms with van der Waals surface area (Å²) in [5.41, 5.74) is 6.31. The molecule has 62 valence electrons. The lowest BCUT2D eigenvalue weighted by Gasteiger charge is -2.07. The lowest BCUT2D eigenvalue weighted by atomic mass is 10.0. The van der Waals surface area contributed by atoms with Crippen molar-refractivity contribution in [2.75, 3.05) is 13.2 Å². The third-order valence-electron chi connectivity index (χ3n) is 1.73. The van der Waals surface area contributed by atoms with Crippen molar-refractivity contribution in [3.8, 4) is 0 Å². The molecule has 0 saturated carbocycles. The maximum absolute atomic E-state index is 8.87. The normalized spacial score (nSPS) is 13.4. The average molecular weight is 156 g/mol. The lowest BCUT2D eigenvalue weighted by Crippen LogP contribution is -2.16. The van der Waals surface area contributed by atoms with Gasteiger partial charge in [0, 0.05) is 18.0 Å². The molecule has 11 heavy (non-hydrogen) atoms. The van der Waals surface area contributed by atoms with E-state index in [-0.39, 0.29) is 12.5 Å². The summed E-state index contributed by atoms with van der Waals surface area (Å²) in [4.78, 5) is 0. The Kier molecular flexibility index (Phi) is 2.62. The van der Waals surface area contributed by atoms with Gasteiger partial charge in [0.25, 0.3) is 0 Å². The number of aliphatic hydroxyl groups is 1. The van der Waals surface area contributed by atoms with E-state index in [1.54, 1.807) is 13.1 Å². The number of aromatic nitrogens is 1. The van der Waals surface area contributed by atoms with Crippen LogP contribution < -0.4 is 5.73 Å². The predicted octanol–water partition coefficient (Wildman–Crippen LogP) is 0.0176. The maximum atomic E-state index is 8.87. The van der Waals surface area contributed by atoms with E-state index in [0.29, 0.717) is 6.54 Å². The minimum atomic E-state index is -0.0405. The Morgan fingerprint density at radius 3 is 2.91 bits per heavy atom. The van der Waals surface area contributed by atoms with Crippen LogP contribution in [0.25, 0.3) is 0 Å². The number of hydrogen-bond acceptors (Lipinski definition) is 4. The molecule has 1 atom stereocenters. The van der Waals surface area contributed by atoms with Gasteiger partial charge in [-0.25, -0.2) is 0 Å². The number of rotatable bonds is 3. The number of aliphatic hydroxyl groups excluding tert-OH is 1. The molecular formula is C7H12N2O2. The number of nitrogens with two attached hydrogens (primary N) is 1. The molecule has 0 radical (unpaired) electrons. The van der Waals surface area contributed by atoms with Gasteiger partial charge in [-0.2, -0.15) is 0 Å². The van der Waals surface area contributed by atoms with Crippen LogP contribution in [0.4, 0.5) is 0 Å². The summed E-state index contributed by atoms with van der Waals surface area (Å²) in [6, 6.07) is 0. The molecule has 1 rings (SSSR count). The smallest absolute Gasteiger partial charge is 0.137 e. The molecule has 1 unspecified atom stereocenters. The molecule has 1 aromatic heterocycles. The zero-order valence-electron chi connectivity index (χ0n) is 6.45. The Morgan fingerprint density at radius 2 is 2.55 bits per heavy atom. The van der Waals surface area contributed by atoms with Gasteiger partial charge in [0.2, 0.25) is 0 Å². The fraction of sp³-hybridized carbons (Fsp3) is 0.571. The number of hydrogen-bond donors (Lipinski definition) is 2. The van der Waals surface area contributed by atoms with E-state index >= 15 is 0 Å². The highest BCUT2D eigenvalue weighted by Crippen LogP contribution is 2.17. The summed E-state index contributed by atoms with van der Waals surface area (Å²) >= 11 is 0. The second-order valence-corrected chi connectivity index (χ2v) is 2.45. The van der Waals surface area contributed by atoms with Crippen LogP contribution in [-0.2, 0) is 0 Å². The van der Waals surface area contributed by atoms with Gasteiger partial charge in [-0.1, -0.05) is 5.16 Å². The fourth-order valence-electron chi connectivity index (χ4n) is 0.999. The molecule has 0 saturated heterocycles. The summed E-state index contributed by atoms with van der Waals surface area (Å²) in [7, 11) is 0. The van der Waals surface area contributed by atoms with Gasteiger partial charge in [0.05, 0.1) is 12.8 Å². The molecular weight excluding hydrogens is 144 g/mol. The molecule has 3 N–H and O–H groups in total. The quantitative estimate of drug-likeness (QED) is 0.647. The van der Waals surface area contributed by atoms with E-state index in [1.165, 1.54) is 0 Å². The average Bonchev–Trinajstić information content (AvgIpc) is 2.40. The van der Waals surface area contributed by atoms with Gasteiger partial charge >= 0.3 is 0 Å². The molecule has 0 aliphatic carbocycles. The zero-order valence-corrected chi connectivity index (χ0v) is 6.45. The summed E-state index contributed by atoms with van der Waals surface area (Å²) in [6.07, 6.45) is 1.60. The molecule has 4 heteroatoms. The minimum Gasteiger partial charge on any atom is -0.396 e. The van der Waals surface area contributed by atoms with Crippen molar-refractivity contribution < 1.29 is 9.63 Å². The summed E-state index contributed by atoms with van der Waals surface area (Å²) < 4.78 is 4.83. The van der Waals surface area contributed by atoms with Gasteiger partial charge in [0.15, 0.2) is 0 Å². The Labute approximate surface area is 65.0 Å². The lowest BCUT2D eigenvalue weighted by molar-refractivity contribution is 0.266. The third-order valence-corrected chi connectivity index (χ3v) is 1.73. The standard InChI is InChI=1S/C7H12N2O2/c1-5-7(3-9-11-5)6(2-8)4-10/h3,6,10H,2,4,8H2,1H3. The molecule has 0 amide bonds. The maximum Gasteiger partial charge on any atom is 0.137 e. The van der Waals surface area contributed by atoms with Crippen LogP contribution in [0.3, 0.4) is 0 Å². The Balaban J connectivity index is 2.81. The summed E-state index contributed by atoms with van der Waals surface area (Å²) in [5.74, 6) is 0.691. The Hall–Kier alpha value is -0.870. The van der Waals surface area contributed by atoms with E-state index in [1.807, 2.05) is 0 Å². The molecule has 0 aliphatic rings. The first-order valence-corrected chi connectivity index (χ1v) is 3.51. The van der Waals surface area contributed by atoms with Crippen molar-refractivity contribution in [3.63, 3.8) is 0 Å². The third kappa shape index (κ3) is 1.58. The van der Waals surface area contributed by atoms with Crippen molar-refractivity contribution in [1.82, 2.24) is 5.16 Å². The highest BCUT2D eigenvalue weighted by Gasteiger charge is 2.13. The largest absolute Gasteiger partial charge is 0.396 e. The van der Waals surface area contributed by atoms with Crippen molar-refractivity contribution in [1.29, 1.82) is 0 Å². The highest BCUT2D eigenvalue weighted by atomic mass is 16.5. The van der Waals surface area contributed by atoms with E-state index in [4.69, 9.17) is 15.4 Å². The molecule has 0 aliphatic heterocycles. The van der Waals surface area contributed by atoms with Gasteiger partial charge in [-0.3, -0.25) is 0 Å². The SMILES string of the molecule is Cc1oncc1C(CN)CO. The summed E-state index contributed by atoms with van der Waals surface area (Å²) in [6.45, 7) is 2.26. The number of aryl methyl sites for hydroxylation is 1. The van der Waals surface area contributed by atoms with Gasteiger partial charge in [0.1, 0.15) is 5.76 Å². The Morgan fingerprint density at radius 1 is 1.82 bits per heavy atom. The van der Waals surface area contributed by atoms with Crippen molar-refractivity contribution in [2.45, 2.75) is 12.8 Å². The van der Waals surface area contributed by atoms with Crippen molar-refractivity contribution in [2.24, 2.45) is 5.73 Å². The predicted molar refractivity (Wildman–Crippen MR) is 40.1 cm³/mol.